The quantitative estimate of drug-likeness (QED) is 0.777. The predicted octanol–water partition coefficient (Wildman–Crippen LogP) is 3.61. The highest BCUT2D eigenvalue weighted by atomic mass is 32.2. The molecule has 20 heavy (non-hydrogen) atoms. The molecule has 2 nitrogen and oxygen atoms in total. The lowest BCUT2D eigenvalue weighted by Gasteiger charge is -2.45. The summed E-state index contributed by atoms with van der Waals surface area (Å²) in [6, 6.07) is 10.2. The smallest absolute Gasteiger partial charge is 0.155 e. The molecule has 1 saturated carbocycles. The van der Waals surface area contributed by atoms with Gasteiger partial charge in [0.2, 0.25) is 0 Å². The van der Waals surface area contributed by atoms with E-state index in [2.05, 4.69) is 24.3 Å². The Kier molecular flexibility index (Phi) is 3.00. The molecule has 0 N–H and O–H groups in total. The molecule has 1 aromatic carbocycles. The van der Waals surface area contributed by atoms with Crippen LogP contribution in [0.25, 0.3) is 0 Å². The molecule has 1 spiro atoms. The first-order valence-corrected chi connectivity index (χ1v) is 8.29. The summed E-state index contributed by atoms with van der Waals surface area (Å²) in [6.45, 7) is 0. The van der Waals surface area contributed by atoms with Gasteiger partial charge >= 0.3 is 0 Å². The lowest BCUT2D eigenvalue weighted by Crippen LogP contribution is -2.54. The minimum absolute atomic E-state index is 0.0398. The highest BCUT2D eigenvalue weighted by Gasteiger charge is 2.55. The van der Waals surface area contributed by atoms with Crippen molar-refractivity contribution >= 4 is 17.5 Å². The van der Waals surface area contributed by atoms with Gasteiger partial charge in [-0.2, -0.15) is 0 Å². The number of Topliss-reactive ketones (excluding diaryl/α,β-unsaturated/α-hetero) is 1. The summed E-state index contributed by atoms with van der Waals surface area (Å²) in [7, 11) is 0. The molecule has 2 fully saturated rings. The predicted molar refractivity (Wildman–Crippen MR) is 79.8 cm³/mol. The summed E-state index contributed by atoms with van der Waals surface area (Å²) in [5.41, 5.74) is -0.256. The van der Waals surface area contributed by atoms with E-state index >= 15 is 0 Å². The van der Waals surface area contributed by atoms with Gasteiger partial charge in [-0.1, -0.05) is 43.2 Å². The van der Waals surface area contributed by atoms with Crippen LogP contribution in [-0.2, 0) is 9.53 Å². The monoisotopic (exact) mass is 286 g/mol. The Morgan fingerprint density at radius 3 is 2.90 bits per heavy atom. The van der Waals surface area contributed by atoms with Crippen molar-refractivity contribution in [3.05, 3.63) is 42.5 Å². The molecule has 3 aliphatic rings. The first-order valence-electron chi connectivity index (χ1n) is 7.41. The molecule has 1 aliphatic carbocycles. The van der Waals surface area contributed by atoms with E-state index in [1.54, 1.807) is 11.8 Å². The van der Waals surface area contributed by atoms with Gasteiger partial charge in [0.25, 0.3) is 0 Å². The maximum absolute atomic E-state index is 12.9. The number of benzene rings is 1. The van der Waals surface area contributed by atoms with Crippen molar-refractivity contribution in [2.45, 2.75) is 47.5 Å². The topological polar surface area (TPSA) is 26.3 Å². The van der Waals surface area contributed by atoms with Crippen LogP contribution in [0, 0.1) is 5.92 Å². The molecule has 2 bridgehead atoms. The van der Waals surface area contributed by atoms with Gasteiger partial charge in [-0.25, -0.2) is 0 Å². The van der Waals surface area contributed by atoms with E-state index in [9.17, 15) is 4.79 Å². The normalized spacial score (nSPS) is 38.8. The van der Waals surface area contributed by atoms with Crippen molar-refractivity contribution in [1.82, 2.24) is 0 Å². The molecular formula is C17H18O2S. The second-order valence-corrected chi connectivity index (χ2v) is 7.16. The van der Waals surface area contributed by atoms with Crippen molar-refractivity contribution in [3.8, 4) is 0 Å². The lowest BCUT2D eigenvalue weighted by molar-refractivity contribution is -0.154. The maximum atomic E-state index is 12.9. The molecule has 2 aliphatic heterocycles. The lowest BCUT2D eigenvalue weighted by atomic mass is 9.72. The fourth-order valence-corrected chi connectivity index (χ4v) is 4.94. The highest BCUT2D eigenvalue weighted by Crippen LogP contribution is 2.50. The zero-order valence-electron chi connectivity index (χ0n) is 11.3. The second-order valence-electron chi connectivity index (χ2n) is 5.95. The largest absolute Gasteiger partial charge is 0.361 e. The molecule has 0 amide bonds. The van der Waals surface area contributed by atoms with E-state index in [1.165, 1.54) is 6.42 Å². The van der Waals surface area contributed by atoms with Crippen LogP contribution in [0.15, 0.2) is 47.4 Å². The maximum Gasteiger partial charge on any atom is 0.155 e. The third-order valence-electron chi connectivity index (χ3n) is 4.75. The molecule has 0 unspecified atom stereocenters. The third kappa shape index (κ3) is 1.87. The van der Waals surface area contributed by atoms with Crippen LogP contribution in [0.3, 0.4) is 0 Å². The van der Waals surface area contributed by atoms with E-state index in [4.69, 9.17) is 4.74 Å². The fourth-order valence-electron chi connectivity index (χ4n) is 3.78. The minimum Gasteiger partial charge on any atom is -0.361 e. The van der Waals surface area contributed by atoms with Gasteiger partial charge < -0.3 is 4.74 Å². The van der Waals surface area contributed by atoms with Gasteiger partial charge in [-0.15, -0.1) is 11.8 Å². The summed E-state index contributed by atoms with van der Waals surface area (Å²) < 4.78 is 6.29. The Balaban J connectivity index is 1.62. The molecule has 1 saturated heterocycles. The standard InChI is InChI=1S/C17H18O2S/c18-15-13-8-4-5-10-17(13)11-9-14(19-17)16(15)20-12-6-2-1-3-7-12/h1-3,6-7,9,11,13-14,16H,4-5,8,10H2/t13-,14-,16+,17+/m0/s1. The average Bonchev–Trinajstić information content (AvgIpc) is 2.85. The molecule has 0 radical (unpaired) electrons. The van der Waals surface area contributed by atoms with E-state index in [1.807, 2.05) is 18.2 Å². The van der Waals surface area contributed by atoms with Crippen molar-refractivity contribution in [2.24, 2.45) is 5.92 Å². The number of rotatable bonds is 2. The summed E-state index contributed by atoms with van der Waals surface area (Å²) in [5, 5.41) is -0.0765. The van der Waals surface area contributed by atoms with E-state index in [0.29, 0.717) is 5.78 Å². The van der Waals surface area contributed by atoms with Gasteiger partial charge in [-0.05, 0) is 25.0 Å². The van der Waals surface area contributed by atoms with Gasteiger partial charge in [0.05, 0.1) is 22.9 Å². The number of fused-ring (bicyclic) bond motifs is 1. The van der Waals surface area contributed by atoms with Crippen LogP contribution < -0.4 is 0 Å². The SMILES string of the molecule is O=C1[C@H](Sc2ccccc2)[C@@H]2C=C[C@@]3(CCCC[C@@H]13)O2. The van der Waals surface area contributed by atoms with Gasteiger partial charge in [-0.3, -0.25) is 4.79 Å². The van der Waals surface area contributed by atoms with Crippen molar-refractivity contribution in [3.63, 3.8) is 0 Å². The Morgan fingerprint density at radius 2 is 2.05 bits per heavy atom. The van der Waals surface area contributed by atoms with Crippen LogP contribution in [0.1, 0.15) is 25.7 Å². The van der Waals surface area contributed by atoms with Crippen LogP contribution in [0.4, 0.5) is 0 Å². The first-order chi connectivity index (χ1) is 9.78. The number of carbonyl (C=O) groups is 1. The molecule has 1 aromatic rings. The van der Waals surface area contributed by atoms with Crippen LogP contribution >= 0.6 is 11.8 Å². The zero-order chi connectivity index (χ0) is 13.6. The number of ketones is 1. The molecule has 0 aromatic heterocycles. The molecular weight excluding hydrogens is 268 g/mol. The van der Waals surface area contributed by atoms with E-state index < -0.39 is 0 Å². The number of hydrogen-bond acceptors (Lipinski definition) is 3. The molecule has 2 heterocycles. The number of hydrogen-bond donors (Lipinski definition) is 0. The van der Waals surface area contributed by atoms with Crippen molar-refractivity contribution < 1.29 is 9.53 Å². The van der Waals surface area contributed by atoms with E-state index in [-0.39, 0.29) is 22.9 Å². The minimum atomic E-state index is -0.256. The Labute approximate surface area is 123 Å². The average molecular weight is 286 g/mol. The van der Waals surface area contributed by atoms with Gasteiger partial charge in [0.15, 0.2) is 5.78 Å². The first kappa shape index (κ1) is 12.7. The summed E-state index contributed by atoms with van der Waals surface area (Å²) in [4.78, 5) is 14.0. The molecule has 4 rings (SSSR count). The molecule has 3 heteroatoms. The Morgan fingerprint density at radius 1 is 1.20 bits per heavy atom. The number of ether oxygens (including phenoxy) is 1. The summed E-state index contributed by atoms with van der Waals surface area (Å²) in [5.74, 6) is 0.479. The molecule has 4 atom stereocenters. The number of carbonyl (C=O) groups excluding carboxylic acids is 1. The summed E-state index contributed by atoms with van der Waals surface area (Å²) >= 11 is 1.66. The van der Waals surface area contributed by atoms with Crippen molar-refractivity contribution in [1.29, 1.82) is 0 Å². The van der Waals surface area contributed by atoms with E-state index in [0.717, 1.165) is 24.2 Å². The number of thioether (sulfide) groups is 1. The third-order valence-corrected chi connectivity index (χ3v) is 6.05. The Bertz CT molecular complexity index is 553. The zero-order valence-corrected chi connectivity index (χ0v) is 12.1. The summed E-state index contributed by atoms with van der Waals surface area (Å²) in [6.07, 6.45) is 8.61. The fraction of sp³-hybridized carbons (Fsp3) is 0.471. The van der Waals surface area contributed by atoms with Crippen molar-refractivity contribution in [2.75, 3.05) is 0 Å². The molecule has 104 valence electrons. The highest BCUT2D eigenvalue weighted by molar-refractivity contribution is 8.00. The van der Waals surface area contributed by atoms with Gasteiger partial charge in [0.1, 0.15) is 0 Å². The Hall–Kier alpha value is -1.06. The van der Waals surface area contributed by atoms with Crippen LogP contribution in [0.2, 0.25) is 0 Å². The van der Waals surface area contributed by atoms with Crippen LogP contribution in [0.5, 0.6) is 0 Å². The van der Waals surface area contributed by atoms with Crippen LogP contribution in [-0.4, -0.2) is 22.7 Å². The van der Waals surface area contributed by atoms with Gasteiger partial charge in [0, 0.05) is 4.90 Å². The second kappa shape index (κ2) is 4.74.